The summed E-state index contributed by atoms with van der Waals surface area (Å²) in [6, 6.07) is 5.69. The molecule has 0 saturated carbocycles. The molecular formula is C13H16N4O. The molecule has 0 radical (unpaired) electrons. The Morgan fingerprint density at radius 3 is 2.89 bits per heavy atom. The van der Waals surface area contributed by atoms with Gasteiger partial charge in [0.2, 0.25) is 0 Å². The zero-order valence-electron chi connectivity index (χ0n) is 10.4. The fraction of sp³-hybridized carbons (Fsp3) is 0.385. The minimum Gasteiger partial charge on any atom is -0.336 e. The van der Waals surface area contributed by atoms with E-state index in [4.69, 9.17) is 0 Å². The van der Waals surface area contributed by atoms with Crippen LogP contribution >= 0.6 is 0 Å². The molecule has 1 aliphatic heterocycles. The minimum absolute atomic E-state index is 0.111. The summed E-state index contributed by atoms with van der Waals surface area (Å²) in [4.78, 5) is 18.5. The lowest BCUT2D eigenvalue weighted by molar-refractivity contribution is 0.0736. The SMILES string of the molecule is Cn1cnc2ccc(C(=O)N3CCNCC3)cc21. The first-order valence-electron chi connectivity index (χ1n) is 6.17. The number of fused-ring (bicyclic) bond motifs is 1. The van der Waals surface area contributed by atoms with E-state index in [-0.39, 0.29) is 5.91 Å². The highest BCUT2D eigenvalue weighted by Gasteiger charge is 2.18. The van der Waals surface area contributed by atoms with Gasteiger partial charge in [0, 0.05) is 38.8 Å². The Balaban J connectivity index is 1.93. The number of nitrogens with one attached hydrogen (secondary N) is 1. The highest BCUT2D eigenvalue weighted by atomic mass is 16.2. The molecule has 18 heavy (non-hydrogen) atoms. The molecule has 0 atom stereocenters. The average Bonchev–Trinajstić information content (AvgIpc) is 2.80. The molecule has 1 aliphatic rings. The molecule has 0 bridgehead atoms. The maximum Gasteiger partial charge on any atom is 0.254 e. The van der Waals surface area contributed by atoms with Gasteiger partial charge in [0.05, 0.1) is 17.4 Å². The van der Waals surface area contributed by atoms with E-state index in [2.05, 4.69) is 10.3 Å². The Bertz CT molecular complexity index is 584. The number of benzene rings is 1. The molecule has 1 aromatic carbocycles. The van der Waals surface area contributed by atoms with Gasteiger partial charge in [0.25, 0.3) is 5.91 Å². The van der Waals surface area contributed by atoms with Gasteiger partial charge in [-0.3, -0.25) is 4.79 Å². The second-order valence-electron chi connectivity index (χ2n) is 4.60. The molecule has 2 heterocycles. The standard InChI is InChI=1S/C13H16N4O/c1-16-9-15-11-3-2-10(8-12(11)16)13(18)17-6-4-14-5-7-17/h2-3,8-9,14H,4-7H2,1H3. The summed E-state index contributed by atoms with van der Waals surface area (Å²) in [7, 11) is 1.94. The van der Waals surface area contributed by atoms with Gasteiger partial charge in [-0.2, -0.15) is 0 Å². The van der Waals surface area contributed by atoms with Crippen molar-refractivity contribution in [1.29, 1.82) is 0 Å². The van der Waals surface area contributed by atoms with Gasteiger partial charge < -0.3 is 14.8 Å². The van der Waals surface area contributed by atoms with Crippen molar-refractivity contribution < 1.29 is 4.79 Å². The van der Waals surface area contributed by atoms with Crippen molar-refractivity contribution in [2.45, 2.75) is 0 Å². The molecule has 94 valence electrons. The number of piperazine rings is 1. The number of aromatic nitrogens is 2. The Morgan fingerprint density at radius 1 is 1.33 bits per heavy atom. The molecule has 3 rings (SSSR count). The third-order valence-electron chi connectivity index (χ3n) is 3.38. The molecule has 1 fully saturated rings. The Labute approximate surface area is 105 Å². The van der Waals surface area contributed by atoms with E-state index in [1.165, 1.54) is 0 Å². The lowest BCUT2D eigenvalue weighted by Gasteiger charge is -2.27. The van der Waals surface area contributed by atoms with Crippen LogP contribution in [0.2, 0.25) is 0 Å². The highest BCUT2D eigenvalue weighted by molar-refractivity contribution is 5.97. The zero-order valence-corrected chi connectivity index (χ0v) is 10.4. The molecule has 1 N–H and O–H groups in total. The molecule has 0 aliphatic carbocycles. The van der Waals surface area contributed by atoms with E-state index in [1.54, 1.807) is 6.33 Å². The van der Waals surface area contributed by atoms with Gasteiger partial charge in [-0.05, 0) is 18.2 Å². The number of carbonyl (C=O) groups is 1. The van der Waals surface area contributed by atoms with Gasteiger partial charge in [-0.1, -0.05) is 0 Å². The van der Waals surface area contributed by atoms with Crippen LogP contribution in [0.15, 0.2) is 24.5 Å². The van der Waals surface area contributed by atoms with Crippen LogP contribution in [0.25, 0.3) is 11.0 Å². The second-order valence-corrected chi connectivity index (χ2v) is 4.60. The monoisotopic (exact) mass is 244 g/mol. The fourth-order valence-electron chi connectivity index (χ4n) is 2.31. The van der Waals surface area contributed by atoms with Crippen LogP contribution in [0.5, 0.6) is 0 Å². The van der Waals surface area contributed by atoms with Crippen molar-refractivity contribution in [3.63, 3.8) is 0 Å². The van der Waals surface area contributed by atoms with Crippen LogP contribution in [0, 0.1) is 0 Å². The summed E-state index contributed by atoms with van der Waals surface area (Å²) in [6.45, 7) is 3.31. The number of nitrogens with zero attached hydrogens (tertiary/aromatic N) is 3. The predicted octanol–water partition coefficient (Wildman–Crippen LogP) is 0.619. The number of imidazole rings is 1. The zero-order chi connectivity index (χ0) is 12.5. The third-order valence-corrected chi connectivity index (χ3v) is 3.38. The maximum atomic E-state index is 12.3. The number of rotatable bonds is 1. The van der Waals surface area contributed by atoms with Gasteiger partial charge in [0.1, 0.15) is 0 Å². The van der Waals surface area contributed by atoms with Gasteiger partial charge in [-0.15, -0.1) is 0 Å². The molecule has 5 nitrogen and oxygen atoms in total. The summed E-state index contributed by atoms with van der Waals surface area (Å²) in [5.41, 5.74) is 2.67. The van der Waals surface area contributed by atoms with Crippen molar-refractivity contribution in [3.8, 4) is 0 Å². The molecule has 5 heteroatoms. The number of aryl methyl sites for hydroxylation is 1. The number of hydrogen-bond donors (Lipinski definition) is 1. The smallest absolute Gasteiger partial charge is 0.254 e. The average molecular weight is 244 g/mol. The lowest BCUT2D eigenvalue weighted by Crippen LogP contribution is -2.46. The molecule has 1 amide bonds. The van der Waals surface area contributed by atoms with E-state index < -0.39 is 0 Å². The molecule has 0 spiro atoms. The molecule has 0 unspecified atom stereocenters. The van der Waals surface area contributed by atoms with E-state index >= 15 is 0 Å². The van der Waals surface area contributed by atoms with Crippen LogP contribution in [0.1, 0.15) is 10.4 Å². The van der Waals surface area contributed by atoms with Crippen molar-refractivity contribution in [2.24, 2.45) is 7.05 Å². The number of carbonyl (C=O) groups excluding carboxylic acids is 1. The second kappa shape index (κ2) is 4.42. The highest BCUT2D eigenvalue weighted by Crippen LogP contribution is 2.15. The quantitative estimate of drug-likeness (QED) is 0.800. The van der Waals surface area contributed by atoms with Crippen LogP contribution in [0.4, 0.5) is 0 Å². The first kappa shape index (κ1) is 11.2. The number of hydrogen-bond acceptors (Lipinski definition) is 3. The van der Waals surface area contributed by atoms with Crippen LogP contribution in [0.3, 0.4) is 0 Å². The Morgan fingerprint density at radius 2 is 2.11 bits per heavy atom. The number of amides is 1. The van der Waals surface area contributed by atoms with Crippen molar-refractivity contribution >= 4 is 16.9 Å². The fourth-order valence-corrected chi connectivity index (χ4v) is 2.31. The van der Waals surface area contributed by atoms with E-state index in [9.17, 15) is 4.79 Å². The van der Waals surface area contributed by atoms with Gasteiger partial charge in [0.15, 0.2) is 0 Å². The third kappa shape index (κ3) is 1.86. The lowest BCUT2D eigenvalue weighted by atomic mass is 10.1. The Kier molecular flexibility index (Phi) is 2.76. The molecular weight excluding hydrogens is 228 g/mol. The minimum atomic E-state index is 0.111. The summed E-state index contributed by atoms with van der Waals surface area (Å²) < 4.78 is 1.93. The summed E-state index contributed by atoms with van der Waals surface area (Å²) in [5.74, 6) is 0.111. The van der Waals surface area contributed by atoms with Crippen molar-refractivity contribution in [3.05, 3.63) is 30.1 Å². The van der Waals surface area contributed by atoms with E-state index in [0.717, 1.165) is 42.8 Å². The normalized spacial score (nSPS) is 16.2. The van der Waals surface area contributed by atoms with Crippen LogP contribution in [-0.2, 0) is 7.05 Å². The summed E-state index contributed by atoms with van der Waals surface area (Å²) in [5, 5.41) is 3.25. The molecule has 1 aromatic heterocycles. The van der Waals surface area contributed by atoms with Crippen LogP contribution in [-0.4, -0.2) is 46.5 Å². The predicted molar refractivity (Wildman–Crippen MR) is 69.5 cm³/mol. The summed E-state index contributed by atoms with van der Waals surface area (Å²) >= 11 is 0. The van der Waals surface area contributed by atoms with Gasteiger partial charge in [-0.25, -0.2) is 4.98 Å². The van der Waals surface area contributed by atoms with E-state index in [1.807, 2.05) is 34.7 Å². The first-order chi connectivity index (χ1) is 8.75. The Hall–Kier alpha value is -1.88. The van der Waals surface area contributed by atoms with Crippen LogP contribution < -0.4 is 5.32 Å². The van der Waals surface area contributed by atoms with E-state index in [0.29, 0.717) is 0 Å². The maximum absolute atomic E-state index is 12.3. The summed E-state index contributed by atoms with van der Waals surface area (Å²) in [6.07, 6.45) is 1.77. The largest absolute Gasteiger partial charge is 0.336 e. The topological polar surface area (TPSA) is 50.2 Å². The molecule has 2 aromatic rings. The van der Waals surface area contributed by atoms with Gasteiger partial charge >= 0.3 is 0 Å². The van der Waals surface area contributed by atoms with Crippen molar-refractivity contribution in [2.75, 3.05) is 26.2 Å². The first-order valence-corrected chi connectivity index (χ1v) is 6.17. The van der Waals surface area contributed by atoms with Crippen molar-refractivity contribution in [1.82, 2.24) is 19.8 Å². The molecule has 1 saturated heterocycles.